The molecular formula is C30H34ClF2N8O10PS2. The number of benzene rings is 3. The number of nitrogens with one attached hydrogen (secondary N) is 2. The van der Waals surface area contributed by atoms with Gasteiger partial charge in [-0.05, 0) is 54.2 Å². The first-order valence-corrected chi connectivity index (χ1v) is 20.7. The lowest BCUT2D eigenvalue weighted by molar-refractivity contribution is -0.383. The van der Waals surface area contributed by atoms with Gasteiger partial charge in [0.25, 0.3) is 26.6 Å². The molecule has 24 heteroatoms. The number of hydrogen-bond donors (Lipinski definition) is 5. The number of halogens is 3. The Balaban J connectivity index is 0.000000283. The van der Waals surface area contributed by atoms with Crippen molar-refractivity contribution in [2.75, 3.05) is 42.1 Å². The van der Waals surface area contributed by atoms with Crippen molar-refractivity contribution in [2.45, 2.75) is 12.1 Å². The topological polar surface area (TPSA) is 277 Å². The second kappa shape index (κ2) is 20.5. The Morgan fingerprint density at radius 1 is 1.07 bits per heavy atom. The zero-order valence-electron chi connectivity index (χ0n) is 28.7. The fourth-order valence-electron chi connectivity index (χ4n) is 3.46. The fraction of sp³-hybridized carbons (Fsp3) is 0.200. The van der Waals surface area contributed by atoms with E-state index >= 15 is 0 Å². The molecule has 54 heavy (non-hydrogen) atoms. The van der Waals surface area contributed by atoms with E-state index in [1.807, 2.05) is 11.4 Å². The number of nitro benzene ring substituents is 1. The summed E-state index contributed by atoms with van der Waals surface area (Å²) < 4.78 is 69.7. The minimum Gasteiger partial charge on any atom is -0.778 e. The average Bonchev–Trinajstić information content (AvgIpc) is 3.50. The Hall–Kier alpha value is -4.96. The zero-order chi connectivity index (χ0) is 40.8. The molecule has 0 aliphatic rings. The molecule has 3 aromatic carbocycles. The predicted octanol–water partition coefficient (Wildman–Crippen LogP) is 3.79. The number of sulfonamides is 1. The maximum Gasteiger partial charge on any atom is 0.317 e. The number of carbonyl (C=O) groups is 1. The average molecular weight is 835 g/mol. The van der Waals surface area contributed by atoms with Gasteiger partial charge in [-0.15, -0.1) is 5.10 Å². The van der Waals surface area contributed by atoms with Crippen molar-refractivity contribution in [3.8, 4) is 11.5 Å². The third-order valence-electron chi connectivity index (χ3n) is 5.64. The second-order valence-corrected chi connectivity index (χ2v) is 16.7. The number of aromatic nitrogens is 4. The molecule has 0 radical (unpaired) electrons. The summed E-state index contributed by atoms with van der Waals surface area (Å²) in [5.74, 6) is -2.33. The lowest BCUT2D eigenvalue weighted by Crippen LogP contribution is -2.25. The molecule has 2 aromatic heterocycles. The van der Waals surface area contributed by atoms with Gasteiger partial charge in [0, 0.05) is 18.0 Å². The van der Waals surface area contributed by atoms with Gasteiger partial charge in [0.05, 0.1) is 36.5 Å². The van der Waals surface area contributed by atoms with Gasteiger partial charge in [0.2, 0.25) is 0 Å². The van der Waals surface area contributed by atoms with E-state index in [1.54, 1.807) is 42.0 Å². The number of para-hydroxylation sites is 2. The van der Waals surface area contributed by atoms with Gasteiger partial charge in [-0.1, -0.05) is 35.9 Å². The first-order valence-electron chi connectivity index (χ1n) is 14.7. The first kappa shape index (κ1) is 45.2. The monoisotopic (exact) mass is 834 g/mol. The molecule has 5 rings (SSSR count). The van der Waals surface area contributed by atoms with Crippen molar-refractivity contribution < 1.29 is 51.1 Å². The number of carboxylic acids is 1. The number of nitrogens with two attached hydrogens (primary N) is 1. The minimum absolute atomic E-state index is 0.0352. The standard InChI is InChI=1S/C12H9ClN2O3.C12H9F2N5O2S.C3H8NO5P.C3H9S/c13-11-10(18-8-4-2-1-3-5-8)7-6-9(12(11)14)15(16)17;1-7-5-6-19-11(15-7)16-12(17-19)22(20,21)18-10-8(13)3-2-4-9(10)14;5-3(6)1-4-2-10(7,8)9;1-4(2)3/h1-7H,14H2;2-6,18H,1H3;4H,1-2H2,(H,5,6)(H2,7,8,9);1-3H3/q;;;+1/p-1. The molecule has 5 aromatic rings. The highest BCUT2D eigenvalue weighted by atomic mass is 35.5. The summed E-state index contributed by atoms with van der Waals surface area (Å²) in [6.45, 7) is 1.22. The van der Waals surface area contributed by atoms with E-state index in [4.69, 9.17) is 32.1 Å². The third kappa shape index (κ3) is 15.2. The van der Waals surface area contributed by atoms with Crippen LogP contribution in [0.4, 0.5) is 25.8 Å². The Morgan fingerprint density at radius 2 is 1.67 bits per heavy atom. The molecule has 2 heterocycles. The highest BCUT2D eigenvalue weighted by Gasteiger charge is 2.24. The van der Waals surface area contributed by atoms with Crippen LogP contribution < -0.4 is 25.4 Å². The summed E-state index contributed by atoms with van der Waals surface area (Å²) in [5, 5.41) is 23.8. The third-order valence-corrected chi connectivity index (χ3v) is 7.78. The van der Waals surface area contributed by atoms with Crippen molar-refractivity contribution in [3.63, 3.8) is 0 Å². The Bertz CT molecular complexity index is 2190. The SMILES string of the molecule is C[S+](C)C.Cc1ccn2nc(S(=O)(=O)Nc3c(F)cccc3F)nc2n1.Nc1c([N+](=O)[O-])ccc(Oc2ccccc2)c1Cl.O=C(O)CNCP(=O)([O-])O. The van der Waals surface area contributed by atoms with Gasteiger partial charge in [-0.25, -0.2) is 18.3 Å². The quantitative estimate of drug-likeness (QED) is 0.0440. The van der Waals surface area contributed by atoms with E-state index in [0.717, 1.165) is 22.7 Å². The number of ether oxygens (including phenoxy) is 1. The van der Waals surface area contributed by atoms with Gasteiger partial charge >= 0.3 is 5.97 Å². The normalized spacial score (nSPS) is 11.8. The molecule has 0 saturated heterocycles. The van der Waals surface area contributed by atoms with Gasteiger partial charge in [-0.2, -0.15) is 13.4 Å². The van der Waals surface area contributed by atoms with Crippen LogP contribution in [0.15, 0.2) is 78.1 Å². The molecule has 6 N–H and O–H groups in total. The van der Waals surface area contributed by atoms with Crippen LogP contribution in [0.3, 0.4) is 0 Å². The molecule has 0 fully saturated rings. The number of rotatable bonds is 10. The van der Waals surface area contributed by atoms with E-state index in [0.29, 0.717) is 22.3 Å². The Labute approximate surface area is 315 Å². The van der Waals surface area contributed by atoms with E-state index in [2.05, 4.69) is 33.8 Å². The molecule has 0 saturated carbocycles. The molecule has 0 aliphatic carbocycles. The van der Waals surface area contributed by atoms with Crippen LogP contribution in [-0.2, 0) is 30.3 Å². The highest BCUT2D eigenvalue weighted by Crippen LogP contribution is 2.38. The number of nitrogens with zero attached hydrogens (tertiary/aromatic N) is 5. The number of fused-ring (bicyclic) bond motifs is 1. The lowest BCUT2D eigenvalue weighted by atomic mass is 10.2. The summed E-state index contributed by atoms with van der Waals surface area (Å²) in [6.07, 6.45) is 7.35. The van der Waals surface area contributed by atoms with Crippen molar-refractivity contribution in [3.05, 3.63) is 105 Å². The Morgan fingerprint density at radius 3 is 2.20 bits per heavy atom. The van der Waals surface area contributed by atoms with Gasteiger partial charge in [0.15, 0.2) is 0 Å². The Kier molecular flexibility index (Phi) is 17.1. The fourth-order valence-corrected chi connectivity index (χ4v) is 5.00. The highest BCUT2D eigenvalue weighted by molar-refractivity contribution is 7.94. The smallest absolute Gasteiger partial charge is 0.317 e. The lowest BCUT2D eigenvalue weighted by Gasteiger charge is -2.14. The molecule has 1 atom stereocenters. The maximum atomic E-state index is 13.5. The number of carboxylic acid groups (broad SMARTS) is 1. The number of nitrogen functional groups attached to an aromatic ring is 1. The van der Waals surface area contributed by atoms with Crippen molar-refractivity contribution >= 4 is 68.9 Å². The summed E-state index contributed by atoms with van der Waals surface area (Å²) in [5.41, 5.74) is 5.08. The van der Waals surface area contributed by atoms with Crippen LogP contribution in [0.5, 0.6) is 11.5 Å². The minimum atomic E-state index is -4.35. The number of aryl methyl sites for hydroxylation is 1. The van der Waals surface area contributed by atoms with Crippen LogP contribution in [0.1, 0.15) is 5.69 Å². The van der Waals surface area contributed by atoms with Crippen molar-refractivity contribution in [1.82, 2.24) is 24.9 Å². The summed E-state index contributed by atoms with van der Waals surface area (Å²) in [4.78, 5) is 45.6. The molecular weight excluding hydrogens is 801 g/mol. The summed E-state index contributed by atoms with van der Waals surface area (Å²) in [7, 11) is -8.05. The van der Waals surface area contributed by atoms with Crippen LogP contribution >= 0.6 is 19.2 Å². The molecule has 0 bridgehead atoms. The van der Waals surface area contributed by atoms with Crippen LogP contribution in [0, 0.1) is 28.7 Å². The molecule has 1 unspecified atom stereocenters. The number of hydrogen-bond acceptors (Lipinski definition) is 13. The molecule has 0 aliphatic heterocycles. The van der Waals surface area contributed by atoms with Crippen molar-refractivity contribution in [2.24, 2.45) is 0 Å². The predicted molar refractivity (Wildman–Crippen MR) is 197 cm³/mol. The van der Waals surface area contributed by atoms with E-state index in [1.165, 1.54) is 18.3 Å². The summed E-state index contributed by atoms with van der Waals surface area (Å²) in [6, 6.07) is 16.2. The summed E-state index contributed by atoms with van der Waals surface area (Å²) >= 11 is 5.94. The number of nitro groups is 1. The van der Waals surface area contributed by atoms with E-state index in [-0.39, 0.29) is 27.9 Å². The van der Waals surface area contributed by atoms with E-state index < -0.39 is 63.8 Å². The number of anilines is 2. The second-order valence-electron chi connectivity index (χ2n) is 10.7. The molecule has 0 amide bonds. The van der Waals surface area contributed by atoms with Crippen LogP contribution in [0.25, 0.3) is 5.78 Å². The van der Waals surface area contributed by atoms with Crippen LogP contribution in [0.2, 0.25) is 5.02 Å². The van der Waals surface area contributed by atoms with Gasteiger partial charge in [0.1, 0.15) is 47.1 Å². The van der Waals surface area contributed by atoms with Gasteiger partial charge in [-0.3, -0.25) is 24.9 Å². The molecule has 292 valence electrons. The van der Waals surface area contributed by atoms with Crippen LogP contribution in [-0.4, -0.2) is 80.5 Å². The largest absolute Gasteiger partial charge is 0.778 e. The molecule has 0 spiro atoms. The van der Waals surface area contributed by atoms with E-state index in [9.17, 15) is 41.6 Å². The molecule has 18 nitrogen and oxygen atoms in total. The maximum absolute atomic E-state index is 13.5. The van der Waals surface area contributed by atoms with Crippen molar-refractivity contribution in [1.29, 1.82) is 0 Å². The van der Waals surface area contributed by atoms with Gasteiger partial charge < -0.3 is 29.9 Å². The zero-order valence-corrected chi connectivity index (χ0v) is 32.0. The number of aliphatic carboxylic acids is 1. The first-order chi connectivity index (χ1) is 25.1.